The third-order valence-electron chi connectivity index (χ3n) is 3.95. The number of fused-ring (bicyclic) bond motifs is 1. The molecule has 0 radical (unpaired) electrons. The van der Waals surface area contributed by atoms with Crippen LogP contribution in [-0.4, -0.2) is 28.8 Å². The molecule has 0 bridgehead atoms. The predicted molar refractivity (Wildman–Crippen MR) is 102 cm³/mol. The first-order valence-electron chi connectivity index (χ1n) is 8.32. The van der Waals surface area contributed by atoms with Crippen molar-refractivity contribution in [1.29, 1.82) is 0 Å². The van der Waals surface area contributed by atoms with Crippen molar-refractivity contribution < 1.29 is 24.0 Å². The molecule has 9 heteroatoms. The van der Waals surface area contributed by atoms with E-state index in [-0.39, 0.29) is 44.8 Å². The number of amides is 3. The number of carbonyl (C=O) groups excluding carboxylic acids is 4. The van der Waals surface area contributed by atoms with Crippen LogP contribution in [0.5, 0.6) is 0 Å². The van der Waals surface area contributed by atoms with Gasteiger partial charge in [0.1, 0.15) is 0 Å². The zero-order valence-corrected chi connectivity index (χ0v) is 16.1. The molecule has 28 heavy (non-hydrogen) atoms. The van der Waals surface area contributed by atoms with E-state index in [1.54, 1.807) is 12.1 Å². The van der Waals surface area contributed by atoms with E-state index < -0.39 is 17.8 Å². The molecule has 3 rings (SSSR count). The van der Waals surface area contributed by atoms with Gasteiger partial charge >= 0.3 is 5.97 Å². The molecule has 0 fully saturated rings. The minimum atomic E-state index is -1.06. The lowest BCUT2D eigenvalue weighted by molar-refractivity contribution is -0.116. The average Bonchev–Trinajstić information content (AvgIpc) is 2.89. The zero-order chi connectivity index (χ0) is 20.4. The summed E-state index contributed by atoms with van der Waals surface area (Å²) in [5.41, 5.74) is 0.0615. The number of hydrogen-bond donors (Lipinski definition) is 1. The summed E-state index contributed by atoms with van der Waals surface area (Å²) in [5, 5.41) is 3.05. The smallest absolute Gasteiger partial charge is 0.324 e. The van der Waals surface area contributed by atoms with E-state index in [0.717, 1.165) is 0 Å². The summed E-state index contributed by atoms with van der Waals surface area (Å²) >= 11 is 12.1. The lowest BCUT2D eigenvalue weighted by Crippen LogP contribution is -2.33. The Morgan fingerprint density at radius 2 is 1.68 bits per heavy atom. The van der Waals surface area contributed by atoms with E-state index in [4.69, 9.17) is 28.0 Å². The van der Waals surface area contributed by atoms with Gasteiger partial charge in [-0.15, -0.1) is 0 Å². The Balaban J connectivity index is 1.90. The van der Waals surface area contributed by atoms with E-state index in [0.29, 0.717) is 11.5 Å². The molecule has 1 N–H and O–H groups in total. The number of halogens is 2. The first kappa shape index (κ1) is 19.9. The molecule has 0 atom stereocenters. The Labute approximate surface area is 170 Å². The van der Waals surface area contributed by atoms with E-state index in [2.05, 4.69) is 5.32 Å². The molecule has 0 unspecified atom stereocenters. The fraction of sp³-hybridized carbons (Fsp3) is 0.158. The quantitative estimate of drug-likeness (QED) is 0.734. The highest BCUT2D eigenvalue weighted by Crippen LogP contribution is 2.32. The van der Waals surface area contributed by atoms with Crippen LogP contribution in [0.25, 0.3) is 0 Å². The summed E-state index contributed by atoms with van der Waals surface area (Å²) in [5.74, 6) is -2.95. The SMILES string of the molecule is CCCC(=O)Nc1c(Cl)cc(Cl)cc1C(=O)ON1C(=O)c2ccccc2C1=O. The topological polar surface area (TPSA) is 92.8 Å². The van der Waals surface area contributed by atoms with E-state index in [1.807, 2.05) is 6.92 Å². The fourth-order valence-corrected chi connectivity index (χ4v) is 3.21. The van der Waals surface area contributed by atoms with Crippen LogP contribution >= 0.6 is 23.2 Å². The molecule has 0 aromatic heterocycles. The van der Waals surface area contributed by atoms with Gasteiger partial charge in [0.25, 0.3) is 11.8 Å². The van der Waals surface area contributed by atoms with Crippen LogP contribution in [0.3, 0.4) is 0 Å². The van der Waals surface area contributed by atoms with Gasteiger partial charge in [-0.05, 0) is 30.7 Å². The summed E-state index contributed by atoms with van der Waals surface area (Å²) in [4.78, 5) is 54.4. The van der Waals surface area contributed by atoms with Crippen LogP contribution in [0.2, 0.25) is 10.0 Å². The molecule has 2 aromatic rings. The minimum Gasteiger partial charge on any atom is -0.324 e. The van der Waals surface area contributed by atoms with Gasteiger partial charge in [-0.3, -0.25) is 14.4 Å². The van der Waals surface area contributed by atoms with Crippen LogP contribution in [0, 0.1) is 0 Å². The average molecular weight is 421 g/mol. The number of nitrogens with zero attached hydrogens (tertiary/aromatic N) is 1. The van der Waals surface area contributed by atoms with E-state index >= 15 is 0 Å². The van der Waals surface area contributed by atoms with Gasteiger partial charge in [-0.2, -0.15) is 0 Å². The van der Waals surface area contributed by atoms with Crippen LogP contribution in [-0.2, 0) is 9.63 Å². The molecule has 0 saturated heterocycles. The van der Waals surface area contributed by atoms with Gasteiger partial charge in [0, 0.05) is 11.4 Å². The lowest BCUT2D eigenvalue weighted by atomic mass is 10.1. The van der Waals surface area contributed by atoms with Crippen molar-refractivity contribution in [3.8, 4) is 0 Å². The number of benzene rings is 2. The van der Waals surface area contributed by atoms with Crippen LogP contribution < -0.4 is 5.32 Å². The Kier molecular flexibility index (Phi) is 5.67. The van der Waals surface area contributed by atoms with Gasteiger partial charge in [0.15, 0.2) is 0 Å². The van der Waals surface area contributed by atoms with Crippen LogP contribution in [0.1, 0.15) is 50.8 Å². The number of hydroxylamine groups is 2. The maximum Gasteiger partial charge on any atom is 0.366 e. The Morgan fingerprint density at radius 1 is 1.07 bits per heavy atom. The molecule has 1 aliphatic heterocycles. The van der Waals surface area contributed by atoms with Crippen molar-refractivity contribution in [3.63, 3.8) is 0 Å². The molecule has 0 saturated carbocycles. The number of imide groups is 1. The normalized spacial score (nSPS) is 12.8. The highest BCUT2D eigenvalue weighted by Gasteiger charge is 2.39. The predicted octanol–water partition coefficient (Wildman–Crippen LogP) is 4.10. The lowest BCUT2D eigenvalue weighted by Gasteiger charge is -2.16. The first-order chi connectivity index (χ1) is 13.3. The zero-order valence-electron chi connectivity index (χ0n) is 14.6. The molecule has 7 nitrogen and oxygen atoms in total. The Bertz CT molecular complexity index is 971. The summed E-state index contributed by atoms with van der Waals surface area (Å²) in [6.07, 6.45) is 0.803. The van der Waals surface area contributed by atoms with Crippen molar-refractivity contribution in [2.75, 3.05) is 5.32 Å². The molecule has 1 aliphatic rings. The van der Waals surface area contributed by atoms with E-state index in [9.17, 15) is 19.2 Å². The third-order valence-corrected chi connectivity index (χ3v) is 4.46. The first-order valence-corrected chi connectivity index (χ1v) is 9.08. The largest absolute Gasteiger partial charge is 0.366 e. The molecule has 0 aliphatic carbocycles. The highest BCUT2D eigenvalue weighted by atomic mass is 35.5. The maximum atomic E-state index is 12.7. The second kappa shape index (κ2) is 8.00. The second-order valence-corrected chi connectivity index (χ2v) is 6.78. The fourth-order valence-electron chi connectivity index (χ4n) is 2.67. The maximum absolute atomic E-state index is 12.7. The second-order valence-electron chi connectivity index (χ2n) is 5.94. The van der Waals surface area contributed by atoms with Crippen LogP contribution in [0.15, 0.2) is 36.4 Å². The number of rotatable bonds is 5. The molecule has 2 aromatic carbocycles. The van der Waals surface area contributed by atoms with Crippen LogP contribution in [0.4, 0.5) is 5.69 Å². The Hall–Kier alpha value is -2.90. The number of nitrogens with one attached hydrogen (secondary N) is 1. The molecule has 3 amide bonds. The third kappa shape index (κ3) is 3.72. The van der Waals surface area contributed by atoms with Crippen molar-refractivity contribution >= 4 is 52.6 Å². The molecule has 1 heterocycles. The highest BCUT2D eigenvalue weighted by molar-refractivity contribution is 6.38. The van der Waals surface area contributed by atoms with Crippen molar-refractivity contribution in [1.82, 2.24) is 5.06 Å². The summed E-state index contributed by atoms with van der Waals surface area (Å²) in [6, 6.07) is 8.67. The summed E-state index contributed by atoms with van der Waals surface area (Å²) < 4.78 is 0. The summed E-state index contributed by atoms with van der Waals surface area (Å²) in [7, 11) is 0. The van der Waals surface area contributed by atoms with E-state index in [1.165, 1.54) is 24.3 Å². The minimum absolute atomic E-state index is 0.00822. The standard InChI is InChI=1S/C19H14Cl2N2O5/c1-2-5-15(24)22-16-13(8-10(20)9-14(16)21)19(27)28-23-17(25)11-6-3-4-7-12(11)18(23)26/h3-4,6-9H,2,5H2,1H3,(H,22,24). The van der Waals surface area contributed by atoms with Gasteiger partial charge in [-0.25, -0.2) is 4.79 Å². The monoisotopic (exact) mass is 420 g/mol. The van der Waals surface area contributed by atoms with Gasteiger partial charge in [0.2, 0.25) is 5.91 Å². The van der Waals surface area contributed by atoms with Gasteiger partial charge in [-0.1, -0.05) is 47.3 Å². The van der Waals surface area contributed by atoms with Crippen molar-refractivity contribution in [3.05, 3.63) is 63.1 Å². The molecular formula is C19H14Cl2N2O5. The van der Waals surface area contributed by atoms with Gasteiger partial charge in [0.05, 0.1) is 27.4 Å². The Morgan fingerprint density at radius 3 is 2.25 bits per heavy atom. The molecule has 144 valence electrons. The summed E-state index contributed by atoms with van der Waals surface area (Å²) in [6.45, 7) is 1.82. The number of hydrogen-bond acceptors (Lipinski definition) is 5. The van der Waals surface area contributed by atoms with Crippen molar-refractivity contribution in [2.45, 2.75) is 19.8 Å². The number of carbonyl (C=O) groups is 4. The van der Waals surface area contributed by atoms with Crippen molar-refractivity contribution in [2.24, 2.45) is 0 Å². The van der Waals surface area contributed by atoms with Gasteiger partial charge < -0.3 is 10.2 Å². The number of anilines is 1. The molecule has 0 spiro atoms. The molecular weight excluding hydrogens is 407 g/mol.